The summed E-state index contributed by atoms with van der Waals surface area (Å²) in [6.45, 7) is 4.57. The van der Waals surface area contributed by atoms with Crippen molar-refractivity contribution in [2.75, 3.05) is 0 Å². The van der Waals surface area contributed by atoms with Gasteiger partial charge < -0.3 is 10.8 Å². The van der Waals surface area contributed by atoms with Crippen molar-refractivity contribution in [3.05, 3.63) is 35.4 Å². The van der Waals surface area contributed by atoms with Crippen molar-refractivity contribution in [1.82, 2.24) is 0 Å². The van der Waals surface area contributed by atoms with E-state index in [0.717, 1.165) is 6.07 Å². The highest BCUT2D eigenvalue weighted by Gasteiger charge is 2.60. The summed E-state index contributed by atoms with van der Waals surface area (Å²) in [5, 5.41) is 10.4. The number of carbonyl (C=O) groups is 1. The first-order chi connectivity index (χ1) is 9.31. The molecule has 1 atom stereocenters. The van der Waals surface area contributed by atoms with Crippen LogP contribution in [-0.4, -0.2) is 16.9 Å². The number of nitrogens with two attached hydrogens (primary N) is 1. The molecule has 0 aliphatic heterocycles. The Morgan fingerprint density at radius 2 is 1.76 bits per heavy atom. The van der Waals surface area contributed by atoms with Gasteiger partial charge in [-0.05, 0) is 17.9 Å². The van der Waals surface area contributed by atoms with Crippen molar-refractivity contribution in [3.63, 3.8) is 0 Å². The van der Waals surface area contributed by atoms with Crippen LogP contribution in [0.25, 0.3) is 0 Å². The van der Waals surface area contributed by atoms with Crippen molar-refractivity contribution < 1.29 is 27.5 Å². The van der Waals surface area contributed by atoms with Crippen LogP contribution < -0.4 is 5.73 Å². The van der Waals surface area contributed by atoms with Crippen LogP contribution in [0.15, 0.2) is 18.2 Å². The number of halogens is 4. The summed E-state index contributed by atoms with van der Waals surface area (Å²) in [6, 6.07) is 1.77. The first-order valence-electron chi connectivity index (χ1n) is 6.17. The molecule has 1 aromatic rings. The van der Waals surface area contributed by atoms with Crippen LogP contribution in [0.2, 0.25) is 0 Å². The third-order valence-electron chi connectivity index (χ3n) is 2.99. The lowest BCUT2D eigenvalue weighted by Gasteiger charge is -2.38. The van der Waals surface area contributed by atoms with Crippen LogP contribution in [0.5, 0.6) is 0 Å². The molecule has 1 rings (SSSR count). The van der Waals surface area contributed by atoms with E-state index in [1.165, 1.54) is 20.8 Å². The van der Waals surface area contributed by atoms with E-state index in [4.69, 9.17) is 0 Å². The van der Waals surface area contributed by atoms with E-state index in [2.05, 4.69) is 5.73 Å². The van der Waals surface area contributed by atoms with E-state index >= 15 is 0 Å². The Morgan fingerprint density at radius 3 is 2.14 bits per heavy atom. The van der Waals surface area contributed by atoms with Gasteiger partial charge in [0.05, 0.1) is 0 Å². The molecule has 118 valence electrons. The van der Waals surface area contributed by atoms with Gasteiger partial charge in [-0.1, -0.05) is 26.8 Å². The smallest absolute Gasteiger partial charge is 0.356 e. The summed E-state index contributed by atoms with van der Waals surface area (Å²) < 4.78 is 55.0. The molecule has 1 amide bonds. The molecule has 0 heterocycles. The number of hydrogen-bond acceptors (Lipinski definition) is 2. The highest BCUT2D eigenvalue weighted by Crippen LogP contribution is 2.46. The third-order valence-corrected chi connectivity index (χ3v) is 2.99. The summed E-state index contributed by atoms with van der Waals surface area (Å²) >= 11 is 0. The zero-order valence-electron chi connectivity index (χ0n) is 11.9. The van der Waals surface area contributed by atoms with E-state index in [9.17, 15) is 27.5 Å². The lowest BCUT2D eigenvalue weighted by molar-refractivity contribution is -0.203. The quantitative estimate of drug-likeness (QED) is 0.840. The number of rotatable bonds is 4. The summed E-state index contributed by atoms with van der Waals surface area (Å²) in [6.07, 6.45) is -0.654. The molecule has 0 saturated heterocycles. The first kappa shape index (κ1) is 17.4. The van der Waals surface area contributed by atoms with Gasteiger partial charge in [0.15, 0.2) is 5.60 Å². The van der Waals surface area contributed by atoms with E-state index in [1.54, 1.807) is 0 Å². The van der Waals surface area contributed by atoms with Crippen LogP contribution in [0.3, 0.4) is 0 Å². The fourth-order valence-electron chi connectivity index (χ4n) is 2.17. The number of aliphatic hydroxyl groups is 1. The van der Waals surface area contributed by atoms with Crippen molar-refractivity contribution in [2.24, 2.45) is 11.1 Å². The number of amides is 1. The number of alkyl halides is 2. The van der Waals surface area contributed by atoms with Crippen LogP contribution >= 0.6 is 0 Å². The number of primary amides is 1. The SMILES string of the molecule is CC(C)(C)C[C@](O)(c1ccc(F)cc1F)C(F)(F)C(N)=O. The number of benzene rings is 1. The molecule has 21 heavy (non-hydrogen) atoms. The van der Waals surface area contributed by atoms with Gasteiger partial charge in [0.1, 0.15) is 11.6 Å². The monoisotopic (exact) mass is 307 g/mol. The highest BCUT2D eigenvalue weighted by molar-refractivity contribution is 5.83. The second kappa shape index (κ2) is 5.29. The van der Waals surface area contributed by atoms with Gasteiger partial charge in [0.2, 0.25) is 0 Å². The van der Waals surface area contributed by atoms with Gasteiger partial charge in [0, 0.05) is 11.6 Å². The average molecular weight is 307 g/mol. The number of carbonyl (C=O) groups excluding carboxylic acids is 1. The predicted octanol–water partition coefficient (Wildman–Crippen LogP) is 2.71. The van der Waals surface area contributed by atoms with Crippen LogP contribution in [-0.2, 0) is 10.4 Å². The van der Waals surface area contributed by atoms with E-state index < -0.39 is 46.5 Å². The molecule has 3 nitrogen and oxygen atoms in total. The molecule has 0 aliphatic carbocycles. The molecule has 1 aromatic carbocycles. The van der Waals surface area contributed by atoms with Crippen molar-refractivity contribution >= 4 is 5.91 Å². The zero-order chi connectivity index (χ0) is 16.6. The fraction of sp³-hybridized carbons (Fsp3) is 0.500. The molecule has 0 unspecified atom stereocenters. The molecule has 0 spiro atoms. The number of hydrogen-bond donors (Lipinski definition) is 2. The highest BCUT2D eigenvalue weighted by atomic mass is 19.3. The average Bonchev–Trinajstić information content (AvgIpc) is 2.25. The summed E-state index contributed by atoms with van der Waals surface area (Å²) in [5.41, 5.74) is -0.278. The van der Waals surface area contributed by atoms with Gasteiger partial charge in [-0.2, -0.15) is 8.78 Å². The maximum absolute atomic E-state index is 14.1. The Hall–Kier alpha value is -1.63. The maximum Gasteiger partial charge on any atom is 0.356 e. The van der Waals surface area contributed by atoms with Crippen LogP contribution in [0.1, 0.15) is 32.8 Å². The van der Waals surface area contributed by atoms with E-state index in [-0.39, 0.29) is 0 Å². The molecule has 7 heteroatoms. The van der Waals surface area contributed by atoms with Crippen molar-refractivity contribution in [1.29, 1.82) is 0 Å². The van der Waals surface area contributed by atoms with Crippen LogP contribution in [0.4, 0.5) is 17.6 Å². The summed E-state index contributed by atoms with van der Waals surface area (Å²) in [4.78, 5) is 11.0. The molecular weight excluding hydrogens is 290 g/mol. The van der Waals surface area contributed by atoms with Gasteiger partial charge in [-0.15, -0.1) is 0 Å². The fourth-order valence-corrected chi connectivity index (χ4v) is 2.17. The largest absolute Gasteiger partial charge is 0.378 e. The summed E-state index contributed by atoms with van der Waals surface area (Å²) in [7, 11) is 0. The first-order valence-corrected chi connectivity index (χ1v) is 6.17. The molecule has 0 radical (unpaired) electrons. The van der Waals surface area contributed by atoms with E-state index in [1.807, 2.05) is 0 Å². The second-order valence-corrected chi connectivity index (χ2v) is 6.16. The maximum atomic E-state index is 14.1. The molecular formula is C14H17F4NO2. The molecule has 3 N–H and O–H groups in total. The molecule has 0 aliphatic rings. The third kappa shape index (κ3) is 3.34. The molecule has 0 aromatic heterocycles. The molecule has 0 fully saturated rings. The predicted molar refractivity (Wildman–Crippen MR) is 68.5 cm³/mol. The van der Waals surface area contributed by atoms with Gasteiger partial charge in [-0.25, -0.2) is 8.78 Å². The van der Waals surface area contributed by atoms with Gasteiger partial charge in [-0.3, -0.25) is 4.79 Å². The van der Waals surface area contributed by atoms with Crippen molar-refractivity contribution in [2.45, 2.75) is 38.7 Å². The lowest BCUT2D eigenvalue weighted by Crippen LogP contribution is -2.55. The standard InChI is InChI=1S/C14H17F4NO2/c1-12(2,3)7-13(21,14(17,18)11(19)20)9-5-4-8(15)6-10(9)16/h4-6,21H,7H2,1-3H3,(H2,19,20)/t13-/m0/s1. The lowest BCUT2D eigenvalue weighted by atomic mass is 9.74. The summed E-state index contributed by atoms with van der Waals surface area (Å²) in [5.74, 6) is -8.86. The van der Waals surface area contributed by atoms with Gasteiger partial charge in [0.25, 0.3) is 5.91 Å². The molecule has 0 bridgehead atoms. The van der Waals surface area contributed by atoms with E-state index in [0.29, 0.717) is 12.1 Å². The topological polar surface area (TPSA) is 63.3 Å². The minimum absolute atomic E-state index is 0.361. The van der Waals surface area contributed by atoms with Crippen molar-refractivity contribution in [3.8, 4) is 0 Å². The Kier molecular flexibility index (Phi) is 4.39. The minimum Gasteiger partial charge on any atom is -0.378 e. The zero-order valence-corrected chi connectivity index (χ0v) is 11.9. The Morgan fingerprint density at radius 1 is 1.24 bits per heavy atom. The van der Waals surface area contributed by atoms with Gasteiger partial charge >= 0.3 is 5.92 Å². The Bertz CT molecular complexity index is 554. The molecule has 0 saturated carbocycles. The van der Waals surface area contributed by atoms with Crippen LogP contribution in [0, 0.1) is 17.0 Å². The normalized spacial score (nSPS) is 15.6. The second-order valence-electron chi connectivity index (χ2n) is 6.16. The minimum atomic E-state index is -4.42. The Balaban J connectivity index is 3.55. The Labute approximate surface area is 119 Å².